The molecule has 3 N–H and O–H groups in total. The van der Waals surface area contributed by atoms with E-state index >= 15 is 0 Å². The minimum Gasteiger partial charge on any atom is -0.409 e. The topological polar surface area (TPSA) is 78.9 Å². The Morgan fingerprint density at radius 1 is 1.67 bits per heavy atom. The highest BCUT2D eigenvalue weighted by Gasteiger charge is 2.14. The molecule has 0 fully saturated rings. The molecule has 0 saturated heterocycles. The molecule has 0 aromatic carbocycles. The summed E-state index contributed by atoms with van der Waals surface area (Å²) in [5.74, 6) is 0.931. The van der Waals surface area contributed by atoms with Crippen LogP contribution in [0, 0.1) is 5.92 Å². The maximum absolute atomic E-state index is 11.5. The van der Waals surface area contributed by atoms with Gasteiger partial charge in [-0.15, -0.1) is 0 Å². The van der Waals surface area contributed by atoms with E-state index < -0.39 is 0 Å². The summed E-state index contributed by atoms with van der Waals surface area (Å²) in [5, 5.41) is 11.4. The van der Waals surface area contributed by atoms with Gasteiger partial charge < -0.3 is 15.8 Å². The molecule has 1 amide bonds. The van der Waals surface area contributed by atoms with Gasteiger partial charge in [-0.2, -0.15) is 11.8 Å². The van der Waals surface area contributed by atoms with Crippen LogP contribution in [0.4, 0.5) is 0 Å². The Balaban J connectivity index is 4.01. The van der Waals surface area contributed by atoms with E-state index in [2.05, 4.69) is 5.16 Å². The third-order valence-electron chi connectivity index (χ3n) is 2.11. The molecule has 6 heteroatoms. The minimum absolute atomic E-state index is 0.0851. The number of carbonyl (C=O) groups is 1. The number of nitrogens with zero attached hydrogens (tertiary/aromatic N) is 2. The van der Waals surface area contributed by atoms with Crippen molar-refractivity contribution in [1.82, 2.24) is 4.90 Å². The molecule has 15 heavy (non-hydrogen) atoms. The first-order valence-corrected chi connectivity index (χ1v) is 6.12. The van der Waals surface area contributed by atoms with Gasteiger partial charge in [0.05, 0.1) is 0 Å². The maximum atomic E-state index is 11.5. The summed E-state index contributed by atoms with van der Waals surface area (Å²) in [7, 11) is 1.73. The standard InChI is InChI=1S/C9H19N3O2S/c1-7(9(10)11-14)6-12(2)8(13)4-5-15-3/h7,14H,4-6H2,1-3H3,(H2,10,11). The molecule has 0 rings (SSSR count). The molecule has 0 aliphatic rings. The molecular formula is C9H19N3O2S. The highest BCUT2D eigenvalue weighted by atomic mass is 32.2. The van der Waals surface area contributed by atoms with Crippen LogP contribution in [0.25, 0.3) is 0 Å². The van der Waals surface area contributed by atoms with Gasteiger partial charge in [0.1, 0.15) is 5.84 Å². The number of carbonyl (C=O) groups excluding carboxylic acids is 1. The average molecular weight is 233 g/mol. The first kappa shape index (κ1) is 14.1. The van der Waals surface area contributed by atoms with Gasteiger partial charge in [-0.1, -0.05) is 12.1 Å². The van der Waals surface area contributed by atoms with Crippen molar-refractivity contribution in [2.24, 2.45) is 16.8 Å². The largest absolute Gasteiger partial charge is 0.409 e. The molecule has 1 unspecified atom stereocenters. The molecule has 0 spiro atoms. The van der Waals surface area contributed by atoms with Crippen LogP contribution in [0.2, 0.25) is 0 Å². The quantitative estimate of drug-likeness (QED) is 0.304. The summed E-state index contributed by atoms with van der Waals surface area (Å²) in [6.07, 6.45) is 2.49. The molecular weight excluding hydrogens is 214 g/mol. The van der Waals surface area contributed by atoms with Crippen LogP contribution >= 0.6 is 11.8 Å². The van der Waals surface area contributed by atoms with E-state index in [1.807, 2.05) is 13.2 Å². The maximum Gasteiger partial charge on any atom is 0.223 e. The fraction of sp³-hybridized carbons (Fsp3) is 0.778. The molecule has 0 aromatic rings. The molecule has 0 aromatic heterocycles. The van der Waals surface area contributed by atoms with Gasteiger partial charge in [-0.3, -0.25) is 4.79 Å². The summed E-state index contributed by atoms with van der Waals surface area (Å²) in [4.78, 5) is 13.1. The molecule has 88 valence electrons. The number of hydrogen-bond donors (Lipinski definition) is 2. The van der Waals surface area contributed by atoms with Gasteiger partial charge in [0.2, 0.25) is 5.91 Å². The highest BCUT2D eigenvalue weighted by molar-refractivity contribution is 7.98. The molecule has 1 atom stereocenters. The molecule has 0 saturated carbocycles. The van der Waals surface area contributed by atoms with Crippen LogP contribution < -0.4 is 5.73 Å². The van der Waals surface area contributed by atoms with Crippen LogP contribution in [0.3, 0.4) is 0 Å². The number of thioether (sulfide) groups is 1. The first-order chi connectivity index (χ1) is 7.02. The van der Waals surface area contributed by atoms with Crippen LogP contribution in [0.5, 0.6) is 0 Å². The zero-order valence-electron chi connectivity index (χ0n) is 9.43. The Hall–Kier alpha value is -0.910. The molecule has 0 bridgehead atoms. The van der Waals surface area contributed by atoms with Gasteiger partial charge in [0.15, 0.2) is 0 Å². The Morgan fingerprint density at radius 2 is 2.27 bits per heavy atom. The zero-order chi connectivity index (χ0) is 11.8. The first-order valence-electron chi connectivity index (χ1n) is 4.73. The van der Waals surface area contributed by atoms with Crippen LogP contribution in [0.15, 0.2) is 5.16 Å². The van der Waals surface area contributed by atoms with Gasteiger partial charge in [-0.05, 0) is 6.26 Å². The van der Waals surface area contributed by atoms with E-state index in [1.54, 1.807) is 23.7 Å². The molecule has 0 heterocycles. The predicted molar refractivity (Wildman–Crippen MR) is 63.2 cm³/mol. The number of amidine groups is 1. The van der Waals surface area contributed by atoms with Crippen molar-refractivity contribution in [3.8, 4) is 0 Å². The lowest BCUT2D eigenvalue weighted by Crippen LogP contribution is -2.36. The Morgan fingerprint density at radius 3 is 2.73 bits per heavy atom. The van der Waals surface area contributed by atoms with Crippen molar-refractivity contribution < 1.29 is 10.0 Å². The number of rotatable bonds is 6. The fourth-order valence-corrected chi connectivity index (χ4v) is 1.46. The lowest BCUT2D eigenvalue weighted by Gasteiger charge is -2.20. The van der Waals surface area contributed by atoms with E-state index in [-0.39, 0.29) is 17.7 Å². The highest BCUT2D eigenvalue weighted by Crippen LogP contribution is 2.03. The number of oxime groups is 1. The molecule has 0 radical (unpaired) electrons. The predicted octanol–water partition coefficient (Wildman–Crippen LogP) is 0.580. The fourth-order valence-electron chi connectivity index (χ4n) is 1.08. The van der Waals surface area contributed by atoms with E-state index in [9.17, 15) is 4.79 Å². The van der Waals surface area contributed by atoms with Gasteiger partial charge in [0, 0.05) is 31.7 Å². The van der Waals surface area contributed by atoms with Gasteiger partial charge >= 0.3 is 0 Å². The van der Waals surface area contributed by atoms with Gasteiger partial charge in [-0.25, -0.2) is 0 Å². The lowest BCUT2D eigenvalue weighted by atomic mass is 10.1. The number of hydrogen-bond acceptors (Lipinski definition) is 4. The summed E-state index contributed by atoms with van der Waals surface area (Å²) >= 11 is 1.64. The average Bonchev–Trinajstić information content (AvgIpc) is 2.24. The number of amides is 1. The molecule has 0 aliphatic heterocycles. The van der Waals surface area contributed by atoms with E-state index in [1.165, 1.54) is 0 Å². The van der Waals surface area contributed by atoms with Crippen LogP contribution in [0.1, 0.15) is 13.3 Å². The monoisotopic (exact) mass is 233 g/mol. The third-order valence-corrected chi connectivity index (χ3v) is 2.73. The Kier molecular flexibility index (Phi) is 6.94. The second-order valence-electron chi connectivity index (χ2n) is 3.44. The molecule has 5 nitrogen and oxygen atoms in total. The molecule has 0 aliphatic carbocycles. The van der Waals surface area contributed by atoms with E-state index in [0.717, 1.165) is 5.75 Å². The SMILES string of the molecule is CSCCC(=O)N(C)CC(C)C(N)=NO. The third kappa shape index (κ3) is 5.51. The normalized spacial score (nSPS) is 13.7. The zero-order valence-corrected chi connectivity index (χ0v) is 10.3. The van der Waals surface area contributed by atoms with Crippen molar-refractivity contribution in [1.29, 1.82) is 0 Å². The van der Waals surface area contributed by atoms with E-state index in [4.69, 9.17) is 10.9 Å². The number of nitrogens with two attached hydrogens (primary N) is 1. The minimum atomic E-state index is -0.127. The van der Waals surface area contributed by atoms with Crippen LogP contribution in [-0.4, -0.2) is 47.5 Å². The van der Waals surface area contributed by atoms with Crippen molar-refractivity contribution in [2.45, 2.75) is 13.3 Å². The van der Waals surface area contributed by atoms with Crippen LogP contribution in [-0.2, 0) is 4.79 Å². The summed E-state index contributed by atoms with van der Waals surface area (Å²) in [6, 6.07) is 0. The van der Waals surface area contributed by atoms with Crippen molar-refractivity contribution in [3.63, 3.8) is 0 Å². The summed E-state index contributed by atoms with van der Waals surface area (Å²) in [5.41, 5.74) is 5.42. The second-order valence-corrected chi connectivity index (χ2v) is 4.43. The van der Waals surface area contributed by atoms with Crippen molar-refractivity contribution in [3.05, 3.63) is 0 Å². The second kappa shape index (κ2) is 7.39. The van der Waals surface area contributed by atoms with Crippen molar-refractivity contribution >= 4 is 23.5 Å². The van der Waals surface area contributed by atoms with Crippen molar-refractivity contribution in [2.75, 3.05) is 25.6 Å². The summed E-state index contributed by atoms with van der Waals surface area (Å²) < 4.78 is 0. The Labute approximate surface area is 94.7 Å². The lowest BCUT2D eigenvalue weighted by molar-refractivity contribution is -0.129. The Bertz CT molecular complexity index is 233. The smallest absolute Gasteiger partial charge is 0.223 e. The van der Waals surface area contributed by atoms with Gasteiger partial charge in [0.25, 0.3) is 0 Å². The summed E-state index contributed by atoms with van der Waals surface area (Å²) in [6.45, 7) is 2.29. The van der Waals surface area contributed by atoms with E-state index in [0.29, 0.717) is 13.0 Å².